The second kappa shape index (κ2) is 12.6. The number of hydrogen-bond acceptors (Lipinski definition) is 7. The van der Waals surface area contributed by atoms with Gasteiger partial charge in [-0.15, -0.1) is 0 Å². The molecule has 1 fully saturated rings. The molecule has 1 aromatic rings. The Labute approximate surface area is 180 Å². The lowest BCUT2D eigenvalue weighted by atomic mass is 10.1. The first-order chi connectivity index (χ1) is 14.9. The van der Waals surface area contributed by atoms with Crippen LogP contribution in [0.2, 0.25) is 0 Å². The fraction of sp³-hybridized carbons (Fsp3) is 0.474. The van der Waals surface area contributed by atoms with Gasteiger partial charge in [0, 0.05) is 12.1 Å². The summed E-state index contributed by atoms with van der Waals surface area (Å²) in [4.78, 5) is 43.5. The molecule has 1 saturated heterocycles. The molecule has 10 nitrogen and oxygen atoms in total. The van der Waals surface area contributed by atoms with Crippen LogP contribution >= 0.6 is 0 Å². The summed E-state index contributed by atoms with van der Waals surface area (Å²) in [5, 5.41) is 21.4. The number of carbonyl (C=O) groups excluding carboxylic acids is 2. The fourth-order valence-corrected chi connectivity index (χ4v) is 2.42. The quantitative estimate of drug-likeness (QED) is 0.390. The van der Waals surface area contributed by atoms with Crippen LogP contribution in [0.3, 0.4) is 0 Å². The third-order valence-electron chi connectivity index (χ3n) is 3.98. The minimum absolute atomic E-state index is 0.0371. The lowest BCUT2D eigenvalue weighted by Crippen LogP contribution is -2.41. The third kappa shape index (κ3) is 10.2. The molecule has 1 aromatic carbocycles. The van der Waals surface area contributed by atoms with E-state index in [9.17, 15) is 27.6 Å². The molecule has 1 amide bonds. The van der Waals surface area contributed by atoms with E-state index < -0.39 is 30.8 Å². The summed E-state index contributed by atoms with van der Waals surface area (Å²) >= 11 is 0. The van der Waals surface area contributed by atoms with Crippen LogP contribution in [0, 0.1) is 0 Å². The maximum absolute atomic E-state index is 12.3. The highest BCUT2D eigenvalue weighted by atomic mass is 19.4. The highest BCUT2D eigenvalue weighted by Gasteiger charge is 2.38. The Hall–Kier alpha value is -3.19. The SMILES string of the molecule is C[C@H](NC(=O)CO[C@@H]1CCNC1)C(=O)c1ccc(OCC(=O)O)cc1.O=C(O)C(F)(F)F. The molecule has 0 aromatic heterocycles. The van der Waals surface area contributed by atoms with Crippen molar-refractivity contribution in [2.24, 2.45) is 0 Å². The van der Waals surface area contributed by atoms with Crippen LogP contribution < -0.4 is 15.4 Å². The normalized spacial score (nSPS) is 16.3. The molecule has 0 bridgehead atoms. The average Bonchev–Trinajstić information content (AvgIpc) is 3.24. The van der Waals surface area contributed by atoms with Crippen LogP contribution in [0.1, 0.15) is 23.7 Å². The van der Waals surface area contributed by atoms with E-state index in [0.29, 0.717) is 11.3 Å². The molecule has 32 heavy (non-hydrogen) atoms. The zero-order chi connectivity index (χ0) is 24.3. The molecule has 2 atom stereocenters. The molecule has 0 radical (unpaired) electrons. The lowest BCUT2D eigenvalue weighted by Gasteiger charge is -2.15. The van der Waals surface area contributed by atoms with Gasteiger partial charge in [-0.1, -0.05) is 0 Å². The van der Waals surface area contributed by atoms with Crippen LogP contribution in [0.25, 0.3) is 0 Å². The van der Waals surface area contributed by atoms with E-state index >= 15 is 0 Å². The molecular formula is C19H23F3N2O8. The Morgan fingerprint density at radius 1 is 1.16 bits per heavy atom. The number of halogens is 3. The molecule has 13 heteroatoms. The predicted octanol–water partition coefficient (Wildman–Crippen LogP) is 0.849. The van der Waals surface area contributed by atoms with Crippen molar-refractivity contribution in [2.75, 3.05) is 26.3 Å². The van der Waals surface area contributed by atoms with Crippen LogP contribution in [-0.2, 0) is 19.1 Å². The number of alkyl halides is 3. The number of Topliss-reactive ketones (excluding diaryl/α,β-unsaturated/α-hetero) is 1. The Balaban J connectivity index is 0.000000633. The van der Waals surface area contributed by atoms with Crippen molar-refractivity contribution in [1.82, 2.24) is 10.6 Å². The number of carboxylic acid groups (broad SMARTS) is 2. The molecule has 2 rings (SSSR count). The minimum atomic E-state index is -5.08. The van der Waals surface area contributed by atoms with Crippen molar-refractivity contribution in [1.29, 1.82) is 0 Å². The van der Waals surface area contributed by atoms with Crippen molar-refractivity contribution >= 4 is 23.6 Å². The topological polar surface area (TPSA) is 151 Å². The summed E-state index contributed by atoms with van der Waals surface area (Å²) in [5.74, 6) is -4.07. The summed E-state index contributed by atoms with van der Waals surface area (Å²) in [6, 6.07) is 5.40. The van der Waals surface area contributed by atoms with E-state index in [1.807, 2.05) is 0 Å². The lowest BCUT2D eigenvalue weighted by molar-refractivity contribution is -0.192. The van der Waals surface area contributed by atoms with Gasteiger partial charge in [-0.3, -0.25) is 9.59 Å². The van der Waals surface area contributed by atoms with E-state index in [2.05, 4.69) is 10.6 Å². The van der Waals surface area contributed by atoms with Crippen molar-refractivity contribution in [2.45, 2.75) is 31.7 Å². The van der Waals surface area contributed by atoms with Crippen LogP contribution in [0.15, 0.2) is 24.3 Å². The highest BCUT2D eigenvalue weighted by molar-refractivity contribution is 6.01. The number of amides is 1. The van der Waals surface area contributed by atoms with Gasteiger partial charge in [-0.2, -0.15) is 13.2 Å². The molecule has 0 unspecified atom stereocenters. The zero-order valence-corrected chi connectivity index (χ0v) is 17.0. The Morgan fingerprint density at radius 2 is 1.75 bits per heavy atom. The Morgan fingerprint density at radius 3 is 2.22 bits per heavy atom. The van der Waals surface area contributed by atoms with Gasteiger partial charge in [0.1, 0.15) is 12.4 Å². The third-order valence-corrected chi connectivity index (χ3v) is 3.98. The standard InChI is InChI=1S/C17H22N2O6.C2HF3O2/c1-11(19-15(20)9-24-14-6-7-18-8-14)17(23)12-2-4-13(5-3-12)25-10-16(21)22;3-2(4,5)1(6)7/h2-5,11,14,18H,6-10H2,1H3,(H,19,20)(H,21,22);(H,6,7)/t11-,14+;/m0./s1. The van der Waals surface area contributed by atoms with Gasteiger partial charge in [-0.05, 0) is 44.2 Å². The number of benzene rings is 1. The molecule has 4 N–H and O–H groups in total. The molecule has 1 aliphatic rings. The maximum Gasteiger partial charge on any atom is 0.490 e. The average molecular weight is 464 g/mol. The second-order valence-electron chi connectivity index (χ2n) is 6.59. The number of aliphatic carboxylic acids is 2. The molecule has 1 aliphatic heterocycles. The molecule has 0 saturated carbocycles. The minimum Gasteiger partial charge on any atom is -0.482 e. The second-order valence-corrected chi connectivity index (χ2v) is 6.59. The van der Waals surface area contributed by atoms with Gasteiger partial charge in [-0.25, -0.2) is 9.59 Å². The summed E-state index contributed by atoms with van der Waals surface area (Å²) in [5.41, 5.74) is 0.399. The van der Waals surface area contributed by atoms with Crippen LogP contribution in [0.5, 0.6) is 5.75 Å². The number of ketones is 1. The molecule has 1 heterocycles. The first kappa shape index (κ1) is 26.8. The number of ether oxygens (including phenoxy) is 2. The number of carboxylic acids is 2. The van der Waals surface area contributed by atoms with Gasteiger partial charge < -0.3 is 30.3 Å². The monoisotopic (exact) mass is 464 g/mol. The summed E-state index contributed by atoms with van der Waals surface area (Å²) in [6.45, 7) is 2.69. The van der Waals surface area contributed by atoms with Crippen molar-refractivity contribution < 1.29 is 52.0 Å². The van der Waals surface area contributed by atoms with E-state index in [1.165, 1.54) is 24.3 Å². The summed E-state index contributed by atoms with van der Waals surface area (Å²) in [6.07, 6.45) is -4.17. The first-order valence-corrected chi connectivity index (χ1v) is 9.30. The maximum atomic E-state index is 12.3. The molecule has 0 spiro atoms. The molecule has 178 valence electrons. The fourth-order valence-electron chi connectivity index (χ4n) is 2.42. The molecular weight excluding hydrogens is 441 g/mol. The Kier molecular flexibility index (Phi) is 10.6. The molecule has 0 aliphatic carbocycles. The predicted molar refractivity (Wildman–Crippen MR) is 102 cm³/mol. The number of carbonyl (C=O) groups is 4. The number of nitrogens with one attached hydrogen (secondary N) is 2. The van der Waals surface area contributed by atoms with Gasteiger partial charge in [0.05, 0.1) is 12.1 Å². The largest absolute Gasteiger partial charge is 0.490 e. The van der Waals surface area contributed by atoms with E-state index in [0.717, 1.165) is 19.5 Å². The van der Waals surface area contributed by atoms with Gasteiger partial charge >= 0.3 is 18.1 Å². The van der Waals surface area contributed by atoms with E-state index in [-0.39, 0.29) is 24.4 Å². The number of hydrogen-bond donors (Lipinski definition) is 4. The highest BCUT2D eigenvalue weighted by Crippen LogP contribution is 2.14. The first-order valence-electron chi connectivity index (χ1n) is 9.30. The van der Waals surface area contributed by atoms with E-state index in [4.69, 9.17) is 24.5 Å². The van der Waals surface area contributed by atoms with Gasteiger partial charge in [0.2, 0.25) is 5.91 Å². The smallest absolute Gasteiger partial charge is 0.482 e. The summed E-state index contributed by atoms with van der Waals surface area (Å²) in [7, 11) is 0. The van der Waals surface area contributed by atoms with Crippen LogP contribution in [0.4, 0.5) is 13.2 Å². The van der Waals surface area contributed by atoms with Gasteiger partial charge in [0.15, 0.2) is 12.4 Å². The summed E-state index contributed by atoms with van der Waals surface area (Å²) < 4.78 is 42.2. The Bertz CT molecular complexity index is 793. The van der Waals surface area contributed by atoms with Gasteiger partial charge in [0.25, 0.3) is 0 Å². The van der Waals surface area contributed by atoms with E-state index in [1.54, 1.807) is 6.92 Å². The van der Waals surface area contributed by atoms with Crippen LogP contribution in [-0.4, -0.2) is 78.5 Å². The van der Waals surface area contributed by atoms with Crippen molar-refractivity contribution in [3.8, 4) is 5.75 Å². The van der Waals surface area contributed by atoms with Crippen molar-refractivity contribution in [3.63, 3.8) is 0 Å². The van der Waals surface area contributed by atoms with Crippen molar-refractivity contribution in [3.05, 3.63) is 29.8 Å². The zero-order valence-electron chi connectivity index (χ0n) is 17.0. The number of rotatable bonds is 9.